The van der Waals surface area contributed by atoms with Crippen molar-refractivity contribution in [3.63, 3.8) is 0 Å². The molecular weight excluding hydrogens is 367 g/mol. The second kappa shape index (κ2) is 7.28. The Morgan fingerprint density at radius 2 is 1.75 bits per heavy atom. The zero-order valence-electron chi connectivity index (χ0n) is 15.3. The fraction of sp³-hybridized carbons (Fsp3) is 0.333. The van der Waals surface area contributed by atoms with Gasteiger partial charge in [-0.25, -0.2) is 0 Å². The summed E-state index contributed by atoms with van der Waals surface area (Å²) in [7, 11) is 0. The van der Waals surface area contributed by atoms with Crippen LogP contribution in [0, 0.1) is 11.3 Å². The number of carbonyl (C=O) groups excluding carboxylic acids is 1. The van der Waals surface area contributed by atoms with Crippen LogP contribution in [0.4, 0.5) is 13.2 Å². The molecular formula is C21H20F3N3O. The van der Waals surface area contributed by atoms with E-state index in [0.29, 0.717) is 18.4 Å². The van der Waals surface area contributed by atoms with Crippen molar-refractivity contribution in [1.82, 2.24) is 5.32 Å². The summed E-state index contributed by atoms with van der Waals surface area (Å²) in [4.78, 5) is 12.0. The van der Waals surface area contributed by atoms with Gasteiger partial charge in [0.1, 0.15) is 5.54 Å². The smallest absolute Gasteiger partial charge is 0.336 e. The molecule has 0 spiro atoms. The van der Waals surface area contributed by atoms with Gasteiger partial charge in [0.2, 0.25) is 5.91 Å². The molecule has 1 amide bonds. The number of rotatable bonds is 5. The van der Waals surface area contributed by atoms with Crippen LogP contribution in [0.2, 0.25) is 0 Å². The van der Waals surface area contributed by atoms with Crippen LogP contribution >= 0.6 is 0 Å². The lowest BCUT2D eigenvalue weighted by Gasteiger charge is -2.15. The Morgan fingerprint density at radius 1 is 1.21 bits per heavy atom. The highest BCUT2D eigenvalue weighted by Gasteiger charge is 2.57. The van der Waals surface area contributed by atoms with E-state index in [0.717, 1.165) is 23.3 Å². The molecule has 28 heavy (non-hydrogen) atoms. The van der Waals surface area contributed by atoms with Gasteiger partial charge in [0.05, 0.1) is 17.7 Å². The van der Waals surface area contributed by atoms with E-state index in [2.05, 4.69) is 11.4 Å². The predicted octanol–water partition coefficient (Wildman–Crippen LogP) is 3.98. The number of nitrogens with zero attached hydrogens (tertiary/aromatic N) is 1. The number of alkyl halides is 3. The number of halogens is 3. The van der Waals surface area contributed by atoms with Crippen LogP contribution in [0.25, 0.3) is 11.1 Å². The van der Waals surface area contributed by atoms with Crippen LogP contribution < -0.4 is 11.1 Å². The van der Waals surface area contributed by atoms with Gasteiger partial charge < -0.3 is 11.1 Å². The molecule has 3 rings (SSSR count). The predicted molar refractivity (Wildman–Crippen MR) is 99.0 cm³/mol. The highest BCUT2D eigenvalue weighted by molar-refractivity contribution is 5.83. The molecule has 1 fully saturated rings. The number of hydrogen-bond donors (Lipinski definition) is 2. The average Bonchev–Trinajstić information content (AvgIpc) is 3.41. The van der Waals surface area contributed by atoms with Crippen LogP contribution in [-0.4, -0.2) is 17.5 Å². The second-order valence-electron chi connectivity index (χ2n) is 7.04. The van der Waals surface area contributed by atoms with Gasteiger partial charge in [-0.2, -0.15) is 18.4 Å². The fourth-order valence-corrected chi connectivity index (χ4v) is 3.21. The van der Waals surface area contributed by atoms with E-state index >= 15 is 0 Å². The normalized spacial score (nSPS) is 22.2. The molecule has 3 unspecified atom stereocenters. The summed E-state index contributed by atoms with van der Waals surface area (Å²) in [6, 6.07) is 13.8. The third-order valence-electron chi connectivity index (χ3n) is 5.14. The Balaban J connectivity index is 1.73. The van der Waals surface area contributed by atoms with Crippen molar-refractivity contribution in [2.45, 2.75) is 43.4 Å². The molecule has 3 atom stereocenters. The summed E-state index contributed by atoms with van der Waals surface area (Å²) in [5, 5.41) is 12.3. The van der Waals surface area contributed by atoms with Gasteiger partial charge in [0.15, 0.2) is 0 Å². The Kier molecular flexibility index (Phi) is 5.18. The maximum Gasteiger partial charge on any atom is 0.416 e. The van der Waals surface area contributed by atoms with Gasteiger partial charge in [0.25, 0.3) is 0 Å². The van der Waals surface area contributed by atoms with Crippen molar-refractivity contribution in [2.24, 2.45) is 5.73 Å². The average molecular weight is 387 g/mol. The SMILES string of the molecule is CCC(N)C(=O)NC1(C#N)CC1c1ccc(-c2ccc(C(F)(F)F)cc2)cc1. The molecule has 1 saturated carbocycles. The first-order chi connectivity index (χ1) is 13.2. The quantitative estimate of drug-likeness (QED) is 0.815. The Morgan fingerprint density at radius 3 is 2.21 bits per heavy atom. The largest absolute Gasteiger partial charge is 0.416 e. The van der Waals surface area contributed by atoms with Crippen LogP contribution in [0.15, 0.2) is 48.5 Å². The van der Waals surface area contributed by atoms with Crippen LogP contribution in [0.5, 0.6) is 0 Å². The Hall–Kier alpha value is -2.85. The van der Waals surface area contributed by atoms with E-state index in [1.54, 1.807) is 19.1 Å². The van der Waals surface area contributed by atoms with Crippen LogP contribution in [-0.2, 0) is 11.0 Å². The summed E-state index contributed by atoms with van der Waals surface area (Å²) in [5.41, 5.74) is 6.42. The first-order valence-electron chi connectivity index (χ1n) is 8.96. The highest BCUT2D eigenvalue weighted by Crippen LogP contribution is 2.51. The standard InChI is InChI=1S/C21H20F3N3O/c1-2-18(26)19(28)27-20(12-25)11-17(20)15-5-3-13(4-6-15)14-7-9-16(10-8-14)21(22,23)24/h3-10,17-18H,2,11,26H2,1H3,(H,27,28). The third kappa shape index (κ3) is 3.87. The summed E-state index contributed by atoms with van der Waals surface area (Å²) in [6.45, 7) is 1.80. The Bertz CT molecular complexity index is 900. The van der Waals surface area contributed by atoms with Crippen molar-refractivity contribution in [2.75, 3.05) is 0 Å². The minimum absolute atomic E-state index is 0.132. The van der Waals surface area contributed by atoms with E-state index in [-0.39, 0.29) is 11.8 Å². The molecule has 4 nitrogen and oxygen atoms in total. The molecule has 0 bridgehead atoms. The lowest BCUT2D eigenvalue weighted by atomic mass is 9.99. The molecule has 3 N–H and O–H groups in total. The van der Waals surface area contributed by atoms with Crippen molar-refractivity contribution in [3.05, 3.63) is 59.7 Å². The molecule has 2 aromatic carbocycles. The van der Waals surface area contributed by atoms with Crippen molar-refractivity contribution in [3.8, 4) is 17.2 Å². The first-order valence-corrected chi connectivity index (χ1v) is 8.96. The molecule has 2 aromatic rings. The number of nitrogens with two attached hydrogens (primary N) is 1. The number of amides is 1. The molecule has 0 aliphatic heterocycles. The number of carbonyl (C=O) groups is 1. The van der Waals surface area contributed by atoms with Crippen molar-refractivity contribution in [1.29, 1.82) is 5.26 Å². The van der Waals surface area contributed by atoms with Gasteiger partial charge in [0, 0.05) is 5.92 Å². The molecule has 0 aromatic heterocycles. The fourth-order valence-electron chi connectivity index (χ4n) is 3.21. The maximum absolute atomic E-state index is 12.7. The van der Waals surface area contributed by atoms with E-state index in [1.807, 2.05) is 12.1 Å². The second-order valence-corrected chi connectivity index (χ2v) is 7.04. The lowest BCUT2D eigenvalue weighted by Crippen LogP contribution is -2.46. The molecule has 0 heterocycles. The number of benzene rings is 2. The van der Waals surface area contributed by atoms with Gasteiger partial charge >= 0.3 is 6.18 Å². The third-order valence-corrected chi connectivity index (χ3v) is 5.14. The van der Waals surface area contributed by atoms with Gasteiger partial charge in [-0.3, -0.25) is 4.79 Å². The van der Waals surface area contributed by atoms with E-state index in [4.69, 9.17) is 5.73 Å². The van der Waals surface area contributed by atoms with Crippen LogP contribution in [0.1, 0.15) is 36.8 Å². The zero-order valence-corrected chi connectivity index (χ0v) is 15.3. The van der Waals surface area contributed by atoms with Gasteiger partial charge in [-0.1, -0.05) is 43.3 Å². The van der Waals surface area contributed by atoms with Gasteiger partial charge in [-0.15, -0.1) is 0 Å². The number of hydrogen-bond acceptors (Lipinski definition) is 3. The Labute approximate surface area is 161 Å². The summed E-state index contributed by atoms with van der Waals surface area (Å²) < 4.78 is 38.0. The van der Waals surface area contributed by atoms with Gasteiger partial charge in [-0.05, 0) is 41.7 Å². The molecule has 146 valence electrons. The maximum atomic E-state index is 12.7. The topological polar surface area (TPSA) is 78.9 Å². The van der Waals surface area contributed by atoms with E-state index in [1.165, 1.54) is 12.1 Å². The number of nitrogens with one attached hydrogen (secondary N) is 1. The summed E-state index contributed by atoms with van der Waals surface area (Å²) in [5.74, 6) is -0.472. The monoisotopic (exact) mass is 387 g/mol. The zero-order chi connectivity index (χ0) is 20.5. The minimum Gasteiger partial charge on any atom is -0.336 e. The summed E-state index contributed by atoms with van der Waals surface area (Å²) >= 11 is 0. The number of nitriles is 1. The van der Waals surface area contributed by atoms with Crippen molar-refractivity contribution < 1.29 is 18.0 Å². The van der Waals surface area contributed by atoms with E-state index in [9.17, 15) is 23.2 Å². The van der Waals surface area contributed by atoms with Crippen molar-refractivity contribution >= 4 is 5.91 Å². The molecule has 0 saturated heterocycles. The van der Waals surface area contributed by atoms with E-state index < -0.39 is 23.3 Å². The lowest BCUT2D eigenvalue weighted by molar-refractivity contribution is -0.137. The molecule has 0 radical (unpaired) electrons. The summed E-state index contributed by atoms with van der Waals surface area (Å²) in [6.07, 6.45) is -3.37. The van der Waals surface area contributed by atoms with Crippen LogP contribution in [0.3, 0.4) is 0 Å². The highest BCUT2D eigenvalue weighted by atomic mass is 19.4. The molecule has 1 aliphatic rings. The molecule has 7 heteroatoms. The first kappa shape index (κ1) is 19.9. The molecule has 1 aliphatic carbocycles. The minimum atomic E-state index is -4.36.